The minimum Gasteiger partial charge on any atom is -0.381 e. The molecule has 3 saturated heterocycles. The number of imide groups is 1. The summed E-state index contributed by atoms with van der Waals surface area (Å²) in [5.74, 6) is 4.99. The maximum atomic E-state index is 14.0. The standard InChI is InChI=1S/C47H46F2N8O4/c48-34-25-32(26-35(49)28-34)23-31-4-8-40-39(27-31)45(54-53-40)52-46(59)38-7-6-37(29-41(38)50-36-13-21-61-22-14-36)56-19-17-55(18-20-56)15-2-1-3-30-5-9-42-33(24-30)12-16-57(42)43-10-11-44(58)51-47(43)60/h4-9,12,16,24-29,36,43,50H,2,10-11,13-15,17-23H2,(H,51,58,60)(H2,52,53,54,59). The quantitative estimate of drug-likeness (QED) is 0.0879. The van der Waals surface area contributed by atoms with Crippen LogP contribution in [0.2, 0.25) is 0 Å². The van der Waals surface area contributed by atoms with Gasteiger partial charge in [0.2, 0.25) is 11.8 Å². The van der Waals surface area contributed by atoms with Gasteiger partial charge in [0.25, 0.3) is 5.91 Å². The summed E-state index contributed by atoms with van der Waals surface area (Å²) in [5, 5.41) is 18.2. The number of ether oxygens (including phenoxy) is 1. The van der Waals surface area contributed by atoms with Crippen LogP contribution in [0, 0.1) is 23.5 Å². The average Bonchev–Trinajstić information content (AvgIpc) is 3.86. The number of fused-ring (bicyclic) bond motifs is 2. The van der Waals surface area contributed by atoms with Crippen LogP contribution in [0.25, 0.3) is 21.8 Å². The van der Waals surface area contributed by atoms with Crippen LogP contribution in [0.4, 0.5) is 26.0 Å². The third-order valence-corrected chi connectivity index (χ3v) is 11.8. The number of H-pyrrole nitrogens is 1. The molecule has 3 aliphatic rings. The van der Waals surface area contributed by atoms with Crippen molar-refractivity contribution < 1.29 is 27.9 Å². The van der Waals surface area contributed by atoms with Gasteiger partial charge in [-0.15, -0.1) is 0 Å². The predicted octanol–water partition coefficient (Wildman–Crippen LogP) is 6.77. The topological polar surface area (TPSA) is 137 Å². The van der Waals surface area contributed by atoms with Gasteiger partial charge in [-0.1, -0.05) is 17.9 Å². The van der Waals surface area contributed by atoms with Gasteiger partial charge in [0, 0.05) is 110 Å². The van der Waals surface area contributed by atoms with Gasteiger partial charge < -0.3 is 24.8 Å². The number of halogens is 2. The molecule has 6 aromatic rings. The van der Waals surface area contributed by atoms with Crippen LogP contribution in [-0.4, -0.2) is 89.4 Å². The number of amides is 3. The van der Waals surface area contributed by atoms with Crippen molar-refractivity contribution in [2.75, 3.05) is 61.5 Å². The van der Waals surface area contributed by atoms with E-state index in [4.69, 9.17) is 4.74 Å². The zero-order valence-electron chi connectivity index (χ0n) is 33.6. The number of piperazine rings is 1. The Bertz CT molecular complexity index is 2670. The summed E-state index contributed by atoms with van der Waals surface area (Å²) in [4.78, 5) is 42.8. The first-order valence-electron chi connectivity index (χ1n) is 20.8. The van der Waals surface area contributed by atoms with E-state index in [1.54, 1.807) is 0 Å². The fraction of sp³-hybridized carbons (Fsp3) is 0.319. The molecular formula is C47H46F2N8O4. The van der Waals surface area contributed by atoms with Crippen molar-refractivity contribution in [1.29, 1.82) is 0 Å². The first-order chi connectivity index (χ1) is 29.7. The van der Waals surface area contributed by atoms with Crippen LogP contribution >= 0.6 is 0 Å². The van der Waals surface area contributed by atoms with Crippen LogP contribution < -0.4 is 20.9 Å². The Morgan fingerprint density at radius 3 is 2.51 bits per heavy atom. The molecule has 61 heavy (non-hydrogen) atoms. The number of aromatic amines is 1. The van der Waals surface area contributed by atoms with E-state index in [1.165, 1.54) is 12.1 Å². The van der Waals surface area contributed by atoms with Gasteiger partial charge >= 0.3 is 0 Å². The average molecular weight is 825 g/mol. The molecule has 0 spiro atoms. The molecule has 1 unspecified atom stereocenters. The van der Waals surface area contributed by atoms with Gasteiger partial charge in [-0.25, -0.2) is 8.78 Å². The summed E-state index contributed by atoms with van der Waals surface area (Å²) in [5.41, 5.74) is 6.21. The molecule has 312 valence electrons. The highest BCUT2D eigenvalue weighted by atomic mass is 19.1. The number of hydrogen-bond donors (Lipinski definition) is 4. The van der Waals surface area contributed by atoms with Crippen LogP contribution in [0.15, 0.2) is 85.1 Å². The lowest BCUT2D eigenvalue weighted by atomic mass is 10.0. The fourth-order valence-electron chi connectivity index (χ4n) is 8.57. The highest BCUT2D eigenvalue weighted by Crippen LogP contribution is 2.30. The zero-order chi connectivity index (χ0) is 41.9. The highest BCUT2D eigenvalue weighted by molar-refractivity contribution is 6.11. The molecule has 12 nitrogen and oxygen atoms in total. The second-order valence-corrected chi connectivity index (χ2v) is 16.0. The van der Waals surface area contributed by atoms with Gasteiger partial charge in [-0.05, 0) is 104 Å². The molecule has 0 saturated carbocycles. The van der Waals surface area contributed by atoms with E-state index < -0.39 is 17.7 Å². The molecule has 4 aromatic carbocycles. The van der Waals surface area contributed by atoms with Crippen LogP contribution in [-0.2, 0) is 20.7 Å². The highest BCUT2D eigenvalue weighted by Gasteiger charge is 2.29. The number of carbonyl (C=O) groups excluding carboxylic acids is 3. The summed E-state index contributed by atoms with van der Waals surface area (Å²) in [7, 11) is 0. The number of piperidine rings is 1. The summed E-state index contributed by atoms with van der Waals surface area (Å²) < 4.78 is 35.3. The van der Waals surface area contributed by atoms with Crippen LogP contribution in [0.3, 0.4) is 0 Å². The first-order valence-corrected chi connectivity index (χ1v) is 20.8. The number of benzene rings is 4. The zero-order valence-corrected chi connectivity index (χ0v) is 33.6. The van der Waals surface area contributed by atoms with E-state index >= 15 is 0 Å². The molecule has 4 N–H and O–H groups in total. The molecule has 9 rings (SSSR count). The van der Waals surface area contributed by atoms with E-state index in [1.807, 2.05) is 65.4 Å². The van der Waals surface area contributed by atoms with Crippen molar-refractivity contribution in [3.63, 3.8) is 0 Å². The van der Waals surface area contributed by atoms with E-state index in [0.717, 1.165) is 97.0 Å². The summed E-state index contributed by atoms with van der Waals surface area (Å²) in [6.07, 6.45) is 5.45. The van der Waals surface area contributed by atoms with Gasteiger partial charge in [0.15, 0.2) is 5.82 Å². The van der Waals surface area contributed by atoms with E-state index in [0.29, 0.717) is 54.8 Å². The van der Waals surface area contributed by atoms with Gasteiger partial charge in [0.1, 0.15) is 17.7 Å². The number of rotatable bonds is 10. The number of nitrogens with zero attached hydrogens (tertiary/aromatic N) is 4. The Morgan fingerprint density at radius 1 is 0.885 bits per heavy atom. The van der Waals surface area contributed by atoms with Gasteiger partial charge in [-0.2, -0.15) is 5.10 Å². The second kappa shape index (κ2) is 17.6. The van der Waals surface area contributed by atoms with E-state index in [9.17, 15) is 23.2 Å². The van der Waals surface area contributed by atoms with Crippen molar-refractivity contribution in [2.45, 2.75) is 50.6 Å². The fourth-order valence-corrected chi connectivity index (χ4v) is 8.57. The minimum atomic E-state index is -0.626. The molecule has 0 aliphatic carbocycles. The molecule has 14 heteroatoms. The Balaban J connectivity index is 0.831. The van der Waals surface area contributed by atoms with E-state index in [-0.39, 0.29) is 23.8 Å². The molecule has 3 aliphatic heterocycles. The normalized spacial score (nSPS) is 17.6. The second-order valence-electron chi connectivity index (χ2n) is 16.0. The van der Waals surface area contributed by atoms with Crippen LogP contribution in [0.1, 0.15) is 65.2 Å². The molecule has 1 atom stereocenters. The molecule has 5 heterocycles. The molecule has 0 radical (unpaired) electrons. The van der Waals surface area contributed by atoms with Crippen molar-refractivity contribution in [1.82, 2.24) is 25.0 Å². The maximum absolute atomic E-state index is 14.0. The molecule has 0 bridgehead atoms. The van der Waals surface area contributed by atoms with Crippen molar-refractivity contribution in [3.8, 4) is 11.8 Å². The summed E-state index contributed by atoms with van der Waals surface area (Å²) in [6, 6.07) is 22.8. The van der Waals surface area contributed by atoms with Crippen molar-refractivity contribution in [3.05, 3.63) is 119 Å². The number of aromatic nitrogens is 3. The Labute approximate surface area is 351 Å². The smallest absolute Gasteiger partial charge is 0.258 e. The molecule has 3 amide bonds. The number of nitrogens with one attached hydrogen (secondary N) is 4. The first kappa shape index (κ1) is 39.9. The van der Waals surface area contributed by atoms with Crippen molar-refractivity contribution >= 4 is 56.7 Å². The number of carbonyl (C=O) groups is 3. The van der Waals surface area contributed by atoms with E-state index in [2.05, 4.69) is 53.9 Å². The number of anilines is 3. The van der Waals surface area contributed by atoms with Crippen LogP contribution in [0.5, 0.6) is 0 Å². The Hall–Kier alpha value is -6.56. The van der Waals surface area contributed by atoms with Gasteiger partial charge in [-0.3, -0.25) is 29.7 Å². The lowest BCUT2D eigenvalue weighted by molar-refractivity contribution is -0.135. The lowest BCUT2D eigenvalue weighted by Crippen LogP contribution is -2.46. The SMILES string of the molecule is O=C1CCC(n2ccc3cc(C#CCCN4CCN(c5ccc(C(=O)Nc6n[nH]c7ccc(Cc8cc(F)cc(F)c8)cc67)c(NC6CCOCC6)c5)CC4)ccc32)C(=O)N1. The minimum absolute atomic E-state index is 0.163. The largest absolute Gasteiger partial charge is 0.381 e. The Morgan fingerprint density at radius 2 is 1.70 bits per heavy atom. The molecule has 2 aromatic heterocycles. The third-order valence-electron chi connectivity index (χ3n) is 11.8. The summed E-state index contributed by atoms with van der Waals surface area (Å²) >= 11 is 0. The third kappa shape index (κ3) is 9.13. The maximum Gasteiger partial charge on any atom is 0.258 e. The molecular weight excluding hydrogens is 779 g/mol. The Kier molecular flexibility index (Phi) is 11.5. The molecule has 3 fully saturated rings. The summed E-state index contributed by atoms with van der Waals surface area (Å²) in [6.45, 7) is 5.61. The number of hydrogen-bond acceptors (Lipinski definition) is 8. The monoisotopic (exact) mass is 824 g/mol. The van der Waals surface area contributed by atoms with Crippen molar-refractivity contribution in [2.24, 2.45) is 0 Å². The predicted molar refractivity (Wildman–Crippen MR) is 231 cm³/mol. The van der Waals surface area contributed by atoms with Gasteiger partial charge in [0.05, 0.1) is 11.1 Å². The lowest BCUT2D eigenvalue weighted by Gasteiger charge is -2.36.